The number of nitrogens with one attached hydrogen (secondary N) is 1. The number of benzene rings is 2. The maximum atomic E-state index is 11.1. The Kier molecular flexibility index (Phi) is 5.70. The summed E-state index contributed by atoms with van der Waals surface area (Å²) >= 11 is 1.46. The molecule has 0 aliphatic rings. The van der Waals surface area contributed by atoms with E-state index in [2.05, 4.69) is 10.5 Å². The van der Waals surface area contributed by atoms with E-state index in [-0.39, 0.29) is 11.4 Å². The van der Waals surface area contributed by atoms with Crippen molar-refractivity contribution < 1.29 is 14.3 Å². The molecule has 0 amide bonds. The first kappa shape index (κ1) is 19.1. The molecular weight excluding hydrogens is 384 g/mol. The van der Waals surface area contributed by atoms with Crippen LogP contribution in [-0.4, -0.2) is 16.1 Å². The third-order valence-electron chi connectivity index (χ3n) is 3.61. The quantitative estimate of drug-likeness (QED) is 0.337. The van der Waals surface area contributed by atoms with E-state index in [4.69, 9.17) is 4.42 Å². The number of aryl methyl sites for hydroxylation is 1. The minimum atomic E-state index is -0.714. The van der Waals surface area contributed by atoms with Gasteiger partial charge in [0, 0.05) is 11.0 Å². The zero-order valence-electron chi connectivity index (χ0n) is 14.6. The summed E-state index contributed by atoms with van der Waals surface area (Å²) < 4.78 is 5.63. The van der Waals surface area contributed by atoms with Crippen molar-refractivity contribution in [1.29, 1.82) is 0 Å². The molecule has 28 heavy (non-hydrogen) atoms. The molecule has 0 fully saturated rings. The number of hydrogen-bond acceptors (Lipinski definition) is 8. The summed E-state index contributed by atoms with van der Waals surface area (Å²) in [4.78, 5) is 21.5. The van der Waals surface area contributed by atoms with Gasteiger partial charge in [-0.3, -0.25) is 25.7 Å². The van der Waals surface area contributed by atoms with Gasteiger partial charge in [-0.1, -0.05) is 29.5 Å². The van der Waals surface area contributed by atoms with Gasteiger partial charge in [-0.15, -0.1) is 0 Å². The van der Waals surface area contributed by atoms with E-state index in [9.17, 15) is 20.2 Å². The van der Waals surface area contributed by atoms with E-state index < -0.39 is 15.5 Å². The molecule has 0 radical (unpaired) electrons. The topological polar surface area (TPSA) is 124 Å². The second-order valence-electron chi connectivity index (χ2n) is 5.66. The van der Waals surface area contributed by atoms with Crippen LogP contribution in [0.3, 0.4) is 0 Å². The van der Waals surface area contributed by atoms with Crippen LogP contribution in [0.2, 0.25) is 0 Å². The Labute approximate surface area is 163 Å². The van der Waals surface area contributed by atoms with Gasteiger partial charge in [0.25, 0.3) is 5.69 Å². The summed E-state index contributed by atoms with van der Waals surface area (Å²) in [6.07, 6.45) is 1.37. The zero-order valence-corrected chi connectivity index (χ0v) is 15.4. The molecule has 142 valence electrons. The first-order valence-corrected chi connectivity index (χ1v) is 8.80. The van der Waals surface area contributed by atoms with E-state index in [1.165, 1.54) is 29.6 Å². The molecule has 1 N–H and O–H groups in total. The average Bonchev–Trinajstić information content (AvgIpc) is 3.10. The van der Waals surface area contributed by atoms with Gasteiger partial charge >= 0.3 is 5.69 Å². The van der Waals surface area contributed by atoms with E-state index in [0.717, 1.165) is 17.0 Å². The molecular formula is C18H14N4O5S. The second kappa shape index (κ2) is 8.35. The van der Waals surface area contributed by atoms with Crippen LogP contribution in [0.1, 0.15) is 11.3 Å². The first-order valence-electron chi connectivity index (χ1n) is 7.98. The van der Waals surface area contributed by atoms with Crippen LogP contribution in [0.15, 0.2) is 74.1 Å². The van der Waals surface area contributed by atoms with Gasteiger partial charge in [-0.25, -0.2) is 0 Å². The molecule has 0 aliphatic heterocycles. The Balaban J connectivity index is 1.68. The van der Waals surface area contributed by atoms with Crippen molar-refractivity contribution >= 4 is 35.0 Å². The minimum absolute atomic E-state index is 0.0349. The predicted molar refractivity (Wildman–Crippen MR) is 105 cm³/mol. The van der Waals surface area contributed by atoms with Crippen molar-refractivity contribution in [2.45, 2.75) is 16.9 Å². The van der Waals surface area contributed by atoms with Gasteiger partial charge < -0.3 is 4.42 Å². The van der Waals surface area contributed by atoms with Crippen LogP contribution in [-0.2, 0) is 0 Å². The molecule has 1 heterocycles. The summed E-state index contributed by atoms with van der Waals surface area (Å²) in [7, 11) is 0. The second-order valence-corrected chi connectivity index (χ2v) is 6.74. The lowest BCUT2D eigenvalue weighted by atomic mass is 10.2. The Morgan fingerprint density at radius 2 is 1.79 bits per heavy atom. The summed E-state index contributed by atoms with van der Waals surface area (Å²) in [5.74, 6) is 0.451. The van der Waals surface area contributed by atoms with Gasteiger partial charge in [0.05, 0.1) is 22.1 Å². The van der Waals surface area contributed by atoms with Gasteiger partial charge in [-0.05, 0) is 37.3 Å². The molecule has 0 bridgehead atoms. The van der Waals surface area contributed by atoms with Crippen molar-refractivity contribution in [2.75, 3.05) is 5.43 Å². The highest BCUT2D eigenvalue weighted by molar-refractivity contribution is 7.99. The van der Waals surface area contributed by atoms with Crippen LogP contribution in [0.4, 0.5) is 17.1 Å². The minimum Gasteiger partial charge on any atom is -0.448 e. The standard InChI is InChI=1S/C18H14N4O5S/c1-12-2-6-15(7-3-12)28-18-9-5-14(27-18)11-19-20-16-8-4-13(21(23)24)10-17(16)22(25)26/h2-11,20H,1H3. The summed E-state index contributed by atoms with van der Waals surface area (Å²) in [5, 5.41) is 26.4. The third-order valence-corrected chi connectivity index (χ3v) is 4.54. The number of anilines is 1. The molecule has 10 heteroatoms. The molecule has 3 aromatic rings. The highest BCUT2D eigenvalue weighted by Crippen LogP contribution is 2.30. The van der Waals surface area contributed by atoms with E-state index in [1.807, 2.05) is 31.2 Å². The summed E-state index contributed by atoms with van der Waals surface area (Å²) in [6.45, 7) is 2.01. The van der Waals surface area contributed by atoms with E-state index >= 15 is 0 Å². The molecule has 3 rings (SSSR count). The Morgan fingerprint density at radius 1 is 1.04 bits per heavy atom. The summed E-state index contributed by atoms with van der Waals surface area (Å²) in [5.41, 5.74) is 2.90. The van der Waals surface area contributed by atoms with Crippen molar-refractivity contribution in [2.24, 2.45) is 5.10 Å². The maximum absolute atomic E-state index is 11.1. The lowest BCUT2D eigenvalue weighted by molar-refractivity contribution is -0.393. The fraction of sp³-hybridized carbons (Fsp3) is 0.0556. The highest BCUT2D eigenvalue weighted by atomic mass is 32.2. The molecule has 2 aromatic carbocycles. The van der Waals surface area contributed by atoms with Gasteiger partial charge in [0.1, 0.15) is 11.4 Å². The Bertz CT molecular complexity index is 1050. The fourth-order valence-electron chi connectivity index (χ4n) is 2.23. The van der Waals surface area contributed by atoms with Crippen LogP contribution in [0, 0.1) is 27.2 Å². The van der Waals surface area contributed by atoms with Crippen LogP contribution < -0.4 is 5.43 Å². The van der Waals surface area contributed by atoms with Crippen molar-refractivity contribution in [3.05, 3.63) is 86.1 Å². The van der Waals surface area contributed by atoms with E-state index in [1.54, 1.807) is 12.1 Å². The fourth-order valence-corrected chi connectivity index (χ4v) is 3.00. The average molecular weight is 398 g/mol. The summed E-state index contributed by atoms with van der Waals surface area (Å²) in [6, 6.07) is 14.8. The highest BCUT2D eigenvalue weighted by Gasteiger charge is 2.19. The molecule has 1 aromatic heterocycles. The zero-order chi connectivity index (χ0) is 20.1. The van der Waals surface area contributed by atoms with Crippen molar-refractivity contribution in [1.82, 2.24) is 0 Å². The van der Waals surface area contributed by atoms with E-state index in [0.29, 0.717) is 10.9 Å². The number of hydrogen-bond donors (Lipinski definition) is 1. The largest absolute Gasteiger partial charge is 0.448 e. The third kappa shape index (κ3) is 4.74. The molecule has 0 spiro atoms. The number of non-ortho nitro benzene ring substituents is 1. The lowest BCUT2D eigenvalue weighted by Gasteiger charge is -2.01. The van der Waals surface area contributed by atoms with Crippen LogP contribution >= 0.6 is 11.8 Å². The van der Waals surface area contributed by atoms with Crippen molar-refractivity contribution in [3.8, 4) is 0 Å². The normalized spacial score (nSPS) is 10.9. The molecule has 9 nitrogen and oxygen atoms in total. The van der Waals surface area contributed by atoms with Crippen LogP contribution in [0.5, 0.6) is 0 Å². The number of nitro benzene ring substituents is 2. The number of furan rings is 1. The molecule has 0 saturated carbocycles. The predicted octanol–water partition coefficient (Wildman–Crippen LogP) is 5.00. The smallest absolute Gasteiger partial charge is 0.301 e. The first-order chi connectivity index (χ1) is 13.4. The van der Waals surface area contributed by atoms with Crippen molar-refractivity contribution in [3.63, 3.8) is 0 Å². The van der Waals surface area contributed by atoms with Gasteiger partial charge in [-0.2, -0.15) is 5.10 Å². The number of nitrogens with zero attached hydrogens (tertiary/aromatic N) is 3. The number of nitro groups is 2. The number of hydrazone groups is 1. The lowest BCUT2D eigenvalue weighted by Crippen LogP contribution is -1.98. The molecule has 0 saturated heterocycles. The monoisotopic (exact) mass is 398 g/mol. The molecule has 0 unspecified atom stereocenters. The Hall–Kier alpha value is -3.66. The maximum Gasteiger partial charge on any atom is 0.301 e. The SMILES string of the molecule is Cc1ccc(Sc2ccc(C=NNc3ccc([N+](=O)[O-])cc3[N+](=O)[O-])o2)cc1. The van der Waals surface area contributed by atoms with Gasteiger partial charge in [0.2, 0.25) is 0 Å². The van der Waals surface area contributed by atoms with Gasteiger partial charge in [0.15, 0.2) is 5.09 Å². The number of rotatable bonds is 7. The molecule has 0 aliphatic carbocycles. The Morgan fingerprint density at radius 3 is 2.46 bits per heavy atom. The van der Waals surface area contributed by atoms with Crippen LogP contribution in [0.25, 0.3) is 0 Å². The molecule has 0 atom stereocenters.